The summed E-state index contributed by atoms with van der Waals surface area (Å²) in [6, 6.07) is 9.91. The van der Waals surface area contributed by atoms with Gasteiger partial charge in [-0.1, -0.05) is 22.0 Å². The third-order valence-electron chi connectivity index (χ3n) is 2.14. The number of hydrogen-bond donors (Lipinski definition) is 2. The summed E-state index contributed by atoms with van der Waals surface area (Å²) in [5, 5.41) is 13.7. The van der Waals surface area contributed by atoms with Crippen molar-refractivity contribution in [2.45, 2.75) is 0 Å². The lowest BCUT2D eigenvalue weighted by Gasteiger charge is -2.06. The van der Waals surface area contributed by atoms with Crippen LogP contribution in [0.5, 0.6) is 0 Å². The molecule has 0 unspecified atom stereocenters. The summed E-state index contributed by atoms with van der Waals surface area (Å²) in [5.41, 5.74) is 6.18. The fraction of sp³-hybridized carbons (Fsp3) is 0. The molecule has 0 aliphatic rings. The zero-order chi connectivity index (χ0) is 13.1. The van der Waals surface area contributed by atoms with Gasteiger partial charge in [-0.2, -0.15) is 0 Å². The van der Waals surface area contributed by atoms with Gasteiger partial charge >= 0.3 is 0 Å². The molecule has 2 rings (SSSR count). The van der Waals surface area contributed by atoms with Gasteiger partial charge in [0.1, 0.15) is 11.6 Å². The van der Waals surface area contributed by atoms with Gasteiger partial charge in [-0.3, -0.25) is 10.1 Å². The van der Waals surface area contributed by atoms with Crippen molar-refractivity contribution in [2.75, 3.05) is 11.1 Å². The van der Waals surface area contributed by atoms with E-state index in [2.05, 4.69) is 26.2 Å². The average Bonchev–Trinajstić information content (AvgIpc) is 2.28. The predicted molar refractivity (Wildman–Crippen MR) is 72.7 cm³/mol. The van der Waals surface area contributed by atoms with E-state index in [1.54, 1.807) is 0 Å². The van der Waals surface area contributed by atoms with Crippen LogP contribution in [0.15, 0.2) is 40.9 Å². The molecule has 1 aromatic carbocycles. The van der Waals surface area contributed by atoms with Gasteiger partial charge in [0.15, 0.2) is 0 Å². The Balaban J connectivity index is 2.31. The first-order chi connectivity index (χ1) is 8.54. The molecule has 7 heteroatoms. The molecule has 0 spiro atoms. The second-order valence-electron chi connectivity index (χ2n) is 3.53. The Hall–Kier alpha value is -2.15. The normalized spacial score (nSPS) is 10.1. The summed E-state index contributed by atoms with van der Waals surface area (Å²) >= 11 is 3.33. The smallest absolute Gasteiger partial charge is 0.276 e. The monoisotopic (exact) mass is 308 g/mol. The van der Waals surface area contributed by atoms with Gasteiger partial charge in [-0.25, -0.2) is 4.98 Å². The molecule has 0 aliphatic carbocycles. The number of pyridine rings is 1. The number of nitrogens with two attached hydrogens (primary N) is 1. The second-order valence-corrected chi connectivity index (χ2v) is 4.44. The maximum atomic E-state index is 10.7. The van der Waals surface area contributed by atoms with Crippen LogP contribution in [-0.2, 0) is 0 Å². The molecule has 2 aromatic rings. The molecule has 1 heterocycles. The predicted octanol–water partition coefficient (Wildman–Crippen LogP) is 3.08. The topological polar surface area (TPSA) is 94.1 Å². The van der Waals surface area contributed by atoms with Gasteiger partial charge in [0.05, 0.1) is 17.1 Å². The first-order valence-corrected chi connectivity index (χ1v) is 5.78. The van der Waals surface area contributed by atoms with Gasteiger partial charge in [0.2, 0.25) is 0 Å². The van der Waals surface area contributed by atoms with Crippen LogP contribution in [0.4, 0.5) is 23.0 Å². The van der Waals surface area contributed by atoms with Crippen molar-refractivity contribution >= 4 is 38.9 Å². The van der Waals surface area contributed by atoms with Crippen LogP contribution in [0, 0.1) is 10.1 Å². The Morgan fingerprint density at radius 1 is 1.33 bits per heavy atom. The Bertz CT molecular complexity index is 603. The molecule has 0 saturated carbocycles. The molecule has 92 valence electrons. The van der Waals surface area contributed by atoms with Crippen molar-refractivity contribution in [3.63, 3.8) is 0 Å². The van der Waals surface area contributed by atoms with Crippen molar-refractivity contribution in [2.24, 2.45) is 0 Å². The highest BCUT2D eigenvalue weighted by Crippen LogP contribution is 2.23. The first kappa shape index (κ1) is 12.3. The number of halogens is 1. The summed E-state index contributed by atoms with van der Waals surface area (Å²) in [4.78, 5) is 14.2. The van der Waals surface area contributed by atoms with Crippen LogP contribution in [0.1, 0.15) is 0 Å². The molecule has 0 atom stereocenters. The number of benzene rings is 1. The van der Waals surface area contributed by atoms with Gasteiger partial charge in [0.25, 0.3) is 5.69 Å². The van der Waals surface area contributed by atoms with E-state index in [4.69, 9.17) is 5.73 Å². The summed E-state index contributed by atoms with van der Waals surface area (Å²) in [6.45, 7) is 0. The van der Waals surface area contributed by atoms with Gasteiger partial charge < -0.3 is 11.1 Å². The van der Waals surface area contributed by atoms with E-state index in [1.807, 2.05) is 24.3 Å². The van der Waals surface area contributed by atoms with Gasteiger partial charge in [0, 0.05) is 10.2 Å². The summed E-state index contributed by atoms with van der Waals surface area (Å²) in [6.07, 6.45) is 0. The molecular formula is C11H9BrN4O2. The number of hydrogen-bond acceptors (Lipinski definition) is 5. The number of anilines is 3. The number of nitrogen functional groups attached to an aromatic ring is 1. The Morgan fingerprint density at radius 3 is 2.78 bits per heavy atom. The van der Waals surface area contributed by atoms with Crippen molar-refractivity contribution in [1.82, 2.24) is 4.98 Å². The highest BCUT2D eigenvalue weighted by Gasteiger charge is 2.09. The van der Waals surface area contributed by atoms with Crippen molar-refractivity contribution < 1.29 is 4.92 Å². The lowest BCUT2D eigenvalue weighted by atomic mass is 10.3. The molecule has 0 fully saturated rings. The molecule has 18 heavy (non-hydrogen) atoms. The van der Waals surface area contributed by atoms with Crippen molar-refractivity contribution in [3.05, 3.63) is 51.0 Å². The van der Waals surface area contributed by atoms with E-state index in [0.29, 0.717) is 5.82 Å². The standard InChI is InChI=1S/C11H9BrN4O2/c12-7-2-1-3-8(4-7)14-11-6-9(16(17)18)5-10(13)15-11/h1-6H,(H3,13,14,15). The zero-order valence-electron chi connectivity index (χ0n) is 9.13. The maximum absolute atomic E-state index is 10.7. The van der Waals surface area contributed by atoms with Crippen LogP contribution >= 0.6 is 15.9 Å². The SMILES string of the molecule is Nc1cc([N+](=O)[O-])cc(Nc2cccc(Br)c2)n1. The second kappa shape index (κ2) is 5.01. The van der Waals surface area contributed by atoms with E-state index < -0.39 is 4.92 Å². The highest BCUT2D eigenvalue weighted by atomic mass is 79.9. The third kappa shape index (κ3) is 2.95. The van der Waals surface area contributed by atoms with Crippen LogP contribution in [0.25, 0.3) is 0 Å². The molecular weight excluding hydrogens is 300 g/mol. The van der Waals surface area contributed by atoms with E-state index in [-0.39, 0.29) is 11.5 Å². The molecule has 0 saturated heterocycles. The molecule has 0 bridgehead atoms. The minimum Gasteiger partial charge on any atom is -0.383 e. The molecule has 1 aromatic heterocycles. The summed E-state index contributed by atoms with van der Waals surface area (Å²) in [7, 11) is 0. The van der Waals surface area contributed by atoms with Crippen LogP contribution in [-0.4, -0.2) is 9.91 Å². The Morgan fingerprint density at radius 2 is 2.11 bits per heavy atom. The molecule has 3 N–H and O–H groups in total. The number of nitrogens with one attached hydrogen (secondary N) is 1. The van der Waals surface area contributed by atoms with E-state index in [0.717, 1.165) is 10.2 Å². The molecule has 0 aliphatic heterocycles. The fourth-order valence-corrected chi connectivity index (χ4v) is 1.82. The van der Waals surface area contributed by atoms with Crippen LogP contribution in [0.3, 0.4) is 0 Å². The lowest BCUT2D eigenvalue weighted by molar-refractivity contribution is -0.384. The van der Waals surface area contributed by atoms with E-state index in [9.17, 15) is 10.1 Å². The van der Waals surface area contributed by atoms with Crippen molar-refractivity contribution in [3.8, 4) is 0 Å². The van der Waals surface area contributed by atoms with Crippen LogP contribution < -0.4 is 11.1 Å². The zero-order valence-corrected chi connectivity index (χ0v) is 10.7. The highest BCUT2D eigenvalue weighted by molar-refractivity contribution is 9.10. The number of nitrogens with zero attached hydrogens (tertiary/aromatic N) is 2. The first-order valence-electron chi connectivity index (χ1n) is 4.99. The quantitative estimate of drug-likeness (QED) is 0.671. The minimum atomic E-state index is -0.510. The Labute approximate surface area is 111 Å². The van der Waals surface area contributed by atoms with E-state index in [1.165, 1.54) is 12.1 Å². The minimum absolute atomic E-state index is 0.0972. The fourth-order valence-electron chi connectivity index (χ4n) is 1.42. The largest absolute Gasteiger partial charge is 0.383 e. The van der Waals surface area contributed by atoms with E-state index >= 15 is 0 Å². The third-order valence-corrected chi connectivity index (χ3v) is 2.63. The Kier molecular flexibility index (Phi) is 3.42. The summed E-state index contributed by atoms with van der Waals surface area (Å²) < 4.78 is 0.894. The molecule has 0 radical (unpaired) electrons. The number of aromatic nitrogens is 1. The molecule has 6 nitrogen and oxygen atoms in total. The molecule has 0 amide bonds. The average molecular weight is 309 g/mol. The lowest BCUT2D eigenvalue weighted by Crippen LogP contribution is -1.99. The van der Waals surface area contributed by atoms with Crippen LogP contribution in [0.2, 0.25) is 0 Å². The number of rotatable bonds is 3. The van der Waals surface area contributed by atoms with Gasteiger partial charge in [-0.05, 0) is 18.2 Å². The van der Waals surface area contributed by atoms with Crippen molar-refractivity contribution in [1.29, 1.82) is 0 Å². The number of nitro groups is 1. The van der Waals surface area contributed by atoms with Gasteiger partial charge in [-0.15, -0.1) is 0 Å². The maximum Gasteiger partial charge on any atom is 0.276 e. The summed E-state index contributed by atoms with van der Waals surface area (Å²) in [5.74, 6) is 0.432.